The highest BCUT2D eigenvalue weighted by Crippen LogP contribution is 2.34. The van der Waals surface area contributed by atoms with Gasteiger partial charge in [-0.3, -0.25) is 0 Å². The van der Waals surface area contributed by atoms with Crippen LogP contribution in [0.3, 0.4) is 0 Å². The molecule has 3 nitrogen and oxygen atoms in total. The van der Waals surface area contributed by atoms with Gasteiger partial charge in [-0.1, -0.05) is 24.3 Å². The maximum Gasteiger partial charge on any atom is 0.119 e. The van der Waals surface area contributed by atoms with Gasteiger partial charge in [0.2, 0.25) is 0 Å². The fraction of sp³-hybridized carbons (Fsp3) is 0.250. The molecule has 3 heteroatoms. The number of hydrogen-bond donors (Lipinski definition) is 1. The van der Waals surface area contributed by atoms with Crippen LogP contribution in [0.4, 0.5) is 11.4 Å². The largest absolute Gasteiger partial charge is 0.497 e. The number of ether oxygens (including phenoxy) is 1. The predicted octanol–water partition coefficient (Wildman–Crippen LogP) is 2.84. The van der Waals surface area contributed by atoms with Gasteiger partial charge in [0.25, 0.3) is 0 Å². The molecule has 2 aromatic rings. The number of fused-ring (bicyclic) bond motifs is 1. The number of anilines is 2. The first-order valence-corrected chi connectivity index (χ1v) is 6.53. The smallest absolute Gasteiger partial charge is 0.119 e. The van der Waals surface area contributed by atoms with Crippen molar-refractivity contribution < 1.29 is 4.74 Å². The summed E-state index contributed by atoms with van der Waals surface area (Å²) in [5.41, 5.74) is 10.8. The van der Waals surface area contributed by atoms with E-state index >= 15 is 0 Å². The zero-order valence-corrected chi connectivity index (χ0v) is 11.1. The van der Waals surface area contributed by atoms with E-state index in [4.69, 9.17) is 10.5 Å². The maximum absolute atomic E-state index is 6.11. The van der Waals surface area contributed by atoms with Gasteiger partial charge in [-0.15, -0.1) is 0 Å². The van der Waals surface area contributed by atoms with Gasteiger partial charge in [0, 0.05) is 13.1 Å². The molecule has 0 atom stereocenters. The third-order valence-electron chi connectivity index (χ3n) is 3.63. The summed E-state index contributed by atoms with van der Waals surface area (Å²) in [5.74, 6) is 0.901. The summed E-state index contributed by atoms with van der Waals surface area (Å²) in [4.78, 5) is 2.35. The standard InChI is InChI=1S/C16H18N2O/c1-19-14-6-2-4-12(10-14)11-18-9-8-13-5-3-7-15(17)16(13)18/h2-7,10H,8-9,11,17H2,1H3. The van der Waals surface area contributed by atoms with E-state index < -0.39 is 0 Å². The highest BCUT2D eigenvalue weighted by Gasteiger charge is 2.21. The minimum absolute atomic E-state index is 0.873. The Morgan fingerprint density at radius 3 is 2.89 bits per heavy atom. The number of para-hydroxylation sites is 1. The van der Waals surface area contributed by atoms with Crippen molar-refractivity contribution in [3.05, 3.63) is 53.6 Å². The summed E-state index contributed by atoms with van der Waals surface area (Å²) >= 11 is 0. The Labute approximate surface area is 113 Å². The molecule has 0 spiro atoms. The van der Waals surface area contributed by atoms with Crippen LogP contribution in [0.25, 0.3) is 0 Å². The lowest BCUT2D eigenvalue weighted by Gasteiger charge is -2.21. The van der Waals surface area contributed by atoms with Crippen LogP contribution in [0.5, 0.6) is 5.75 Å². The second-order valence-corrected chi connectivity index (χ2v) is 4.88. The van der Waals surface area contributed by atoms with Gasteiger partial charge >= 0.3 is 0 Å². The maximum atomic E-state index is 6.11. The highest BCUT2D eigenvalue weighted by molar-refractivity contribution is 5.74. The molecule has 19 heavy (non-hydrogen) atoms. The summed E-state index contributed by atoms with van der Waals surface area (Å²) in [6.45, 7) is 1.90. The van der Waals surface area contributed by atoms with E-state index in [1.165, 1.54) is 16.8 Å². The second kappa shape index (κ2) is 4.84. The van der Waals surface area contributed by atoms with E-state index in [9.17, 15) is 0 Å². The fourth-order valence-corrected chi connectivity index (χ4v) is 2.72. The molecule has 2 aromatic carbocycles. The Bertz CT molecular complexity index is 595. The first-order valence-electron chi connectivity index (χ1n) is 6.53. The monoisotopic (exact) mass is 254 g/mol. The average Bonchev–Trinajstić information content (AvgIpc) is 2.84. The van der Waals surface area contributed by atoms with Gasteiger partial charge < -0.3 is 15.4 Å². The number of nitrogen functional groups attached to an aromatic ring is 1. The van der Waals surface area contributed by atoms with Crippen molar-refractivity contribution in [1.29, 1.82) is 0 Å². The molecule has 0 saturated carbocycles. The zero-order chi connectivity index (χ0) is 13.2. The first kappa shape index (κ1) is 11.9. The number of rotatable bonds is 3. The van der Waals surface area contributed by atoms with Crippen LogP contribution in [0.1, 0.15) is 11.1 Å². The van der Waals surface area contributed by atoms with Gasteiger partial charge in [-0.2, -0.15) is 0 Å². The molecule has 98 valence electrons. The molecule has 0 fully saturated rings. The molecule has 3 rings (SSSR count). The first-order chi connectivity index (χ1) is 9.28. The average molecular weight is 254 g/mol. The molecule has 1 aliphatic rings. The van der Waals surface area contributed by atoms with Gasteiger partial charge in [0.05, 0.1) is 18.5 Å². The van der Waals surface area contributed by atoms with Crippen LogP contribution in [0.2, 0.25) is 0 Å². The Hall–Kier alpha value is -2.16. The second-order valence-electron chi connectivity index (χ2n) is 4.88. The van der Waals surface area contributed by atoms with Crippen LogP contribution in [-0.2, 0) is 13.0 Å². The van der Waals surface area contributed by atoms with Gasteiger partial charge in [-0.25, -0.2) is 0 Å². The van der Waals surface area contributed by atoms with Crippen LogP contribution in [0, 0.1) is 0 Å². The quantitative estimate of drug-likeness (QED) is 0.856. The summed E-state index contributed by atoms with van der Waals surface area (Å²) in [7, 11) is 1.70. The minimum Gasteiger partial charge on any atom is -0.497 e. The molecular formula is C16H18N2O. The van der Waals surface area contributed by atoms with Crippen molar-refractivity contribution in [3.63, 3.8) is 0 Å². The van der Waals surface area contributed by atoms with Gasteiger partial charge in [0.15, 0.2) is 0 Å². The summed E-state index contributed by atoms with van der Waals surface area (Å²) in [5, 5.41) is 0. The van der Waals surface area contributed by atoms with Crippen molar-refractivity contribution in [2.24, 2.45) is 0 Å². The molecule has 0 aliphatic carbocycles. The third kappa shape index (κ3) is 2.24. The fourth-order valence-electron chi connectivity index (χ4n) is 2.72. The van der Waals surface area contributed by atoms with Gasteiger partial charge in [0.1, 0.15) is 5.75 Å². The van der Waals surface area contributed by atoms with E-state index in [0.717, 1.165) is 30.9 Å². The molecule has 0 amide bonds. The normalized spacial score (nSPS) is 13.4. The molecule has 1 aliphatic heterocycles. The lowest BCUT2D eigenvalue weighted by Crippen LogP contribution is -2.20. The Balaban J connectivity index is 1.86. The molecule has 0 bridgehead atoms. The summed E-state index contributed by atoms with van der Waals surface area (Å²) in [6, 6.07) is 14.4. The number of benzene rings is 2. The lowest BCUT2D eigenvalue weighted by atomic mass is 10.1. The number of nitrogens with two attached hydrogens (primary N) is 1. The predicted molar refractivity (Wildman–Crippen MR) is 78.6 cm³/mol. The zero-order valence-electron chi connectivity index (χ0n) is 11.1. The van der Waals surface area contributed by atoms with Crippen LogP contribution >= 0.6 is 0 Å². The van der Waals surface area contributed by atoms with E-state index in [-0.39, 0.29) is 0 Å². The molecular weight excluding hydrogens is 236 g/mol. The van der Waals surface area contributed by atoms with Crippen molar-refractivity contribution in [2.75, 3.05) is 24.3 Å². The molecule has 0 aromatic heterocycles. The number of nitrogens with zero attached hydrogens (tertiary/aromatic N) is 1. The van der Waals surface area contributed by atoms with E-state index in [1.54, 1.807) is 7.11 Å². The van der Waals surface area contributed by atoms with Crippen LogP contribution in [-0.4, -0.2) is 13.7 Å². The molecule has 0 radical (unpaired) electrons. The number of methoxy groups -OCH3 is 1. The minimum atomic E-state index is 0.873. The molecule has 2 N–H and O–H groups in total. The summed E-state index contributed by atoms with van der Waals surface area (Å²) in [6.07, 6.45) is 1.07. The van der Waals surface area contributed by atoms with Crippen molar-refractivity contribution in [1.82, 2.24) is 0 Å². The highest BCUT2D eigenvalue weighted by atomic mass is 16.5. The molecule has 0 saturated heterocycles. The lowest BCUT2D eigenvalue weighted by molar-refractivity contribution is 0.414. The van der Waals surface area contributed by atoms with E-state index in [2.05, 4.69) is 23.1 Å². The van der Waals surface area contributed by atoms with Gasteiger partial charge in [-0.05, 0) is 35.7 Å². The van der Waals surface area contributed by atoms with Crippen LogP contribution < -0.4 is 15.4 Å². The van der Waals surface area contributed by atoms with E-state index in [0.29, 0.717) is 0 Å². The van der Waals surface area contributed by atoms with Crippen molar-refractivity contribution in [3.8, 4) is 5.75 Å². The Morgan fingerprint density at radius 1 is 1.21 bits per heavy atom. The van der Waals surface area contributed by atoms with Crippen LogP contribution in [0.15, 0.2) is 42.5 Å². The Morgan fingerprint density at radius 2 is 2.05 bits per heavy atom. The van der Waals surface area contributed by atoms with Crippen molar-refractivity contribution >= 4 is 11.4 Å². The molecule has 1 heterocycles. The van der Waals surface area contributed by atoms with E-state index in [1.807, 2.05) is 24.3 Å². The third-order valence-corrected chi connectivity index (χ3v) is 3.63. The Kier molecular flexibility index (Phi) is 3.03. The summed E-state index contributed by atoms with van der Waals surface area (Å²) < 4.78 is 5.27. The molecule has 0 unspecified atom stereocenters. The number of hydrogen-bond acceptors (Lipinski definition) is 3. The topological polar surface area (TPSA) is 38.5 Å². The SMILES string of the molecule is COc1cccc(CN2CCc3cccc(N)c32)c1. The van der Waals surface area contributed by atoms with Crippen molar-refractivity contribution in [2.45, 2.75) is 13.0 Å².